The summed E-state index contributed by atoms with van der Waals surface area (Å²) < 4.78 is 0. The number of aryl methyl sites for hydroxylation is 1. The molecule has 1 aliphatic heterocycles. The van der Waals surface area contributed by atoms with Crippen LogP contribution in [0.15, 0.2) is 18.2 Å². The summed E-state index contributed by atoms with van der Waals surface area (Å²) in [5.74, 6) is 0. The zero-order valence-electron chi connectivity index (χ0n) is 10.8. The van der Waals surface area contributed by atoms with Gasteiger partial charge in [-0.15, -0.1) is 0 Å². The van der Waals surface area contributed by atoms with Gasteiger partial charge >= 0.3 is 0 Å². The molecule has 0 atom stereocenters. The van der Waals surface area contributed by atoms with E-state index < -0.39 is 0 Å². The Morgan fingerprint density at radius 2 is 2.00 bits per heavy atom. The molecule has 0 aromatic heterocycles. The maximum Gasteiger partial charge on any atom is 0.0994 e. The smallest absolute Gasteiger partial charge is 0.0994 e. The molecule has 96 valence electrons. The SMILES string of the molecule is Cc1cc(N2CCN(CCO)CC2)ccc1C#N. The zero-order chi connectivity index (χ0) is 13.0. The molecule has 1 fully saturated rings. The molecule has 0 aliphatic carbocycles. The Morgan fingerprint density at radius 3 is 2.56 bits per heavy atom. The summed E-state index contributed by atoms with van der Waals surface area (Å²) in [6.07, 6.45) is 0. The molecule has 0 spiro atoms. The number of anilines is 1. The molecule has 1 aromatic rings. The number of hydrogen-bond donors (Lipinski definition) is 1. The van der Waals surface area contributed by atoms with Gasteiger partial charge in [-0.05, 0) is 30.7 Å². The third-order valence-electron chi connectivity index (χ3n) is 3.48. The van der Waals surface area contributed by atoms with Crippen LogP contribution in [0.1, 0.15) is 11.1 Å². The summed E-state index contributed by atoms with van der Waals surface area (Å²) in [4.78, 5) is 4.61. The molecule has 0 saturated carbocycles. The molecule has 0 amide bonds. The molecule has 0 unspecified atom stereocenters. The lowest BCUT2D eigenvalue weighted by Crippen LogP contribution is -2.47. The molecule has 1 aromatic carbocycles. The van der Waals surface area contributed by atoms with Gasteiger partial charge in [-0.2, -0.15) is 5.26 Å². The van der Waals surface area contributed by atoms with E-state index in [2.05, 4.69) is 21.9 Å². The lowest BCUT2D eigenvalue weighted by Gasteiger charge is -2.36. The molecular weight excluding hydrogens is 226 g/mol. The molecule has 1 aliphatic rings. The standard InChI is InChI=1S/C14H19N3O/c1-12-10-14(3-2-13(12)11-15)17-6-4-16(5-7-17)8-9-18/h2-3,10,18H,4-9H2,1H3. The highest BCUT2D eigenvalue weighted by Crippen LogP contribution is 2.20. The summed E-state index contributed by atoms with van der Waals surface area (Å²) >= 11 is 0. The van der Waals surface area contributed by atoms with E-state index in [1.807, 2.05) is 19.1 Å². The fraction of sp³-hybridized carbons (Fsp3) is 0.500. The third kappa shape index (κ3) is 2.81. The van der Waals surface area contributed by atoms with Gasteiger partial charge in [-0.1, -0.05) is 0 Å². The minimum atomic E-state index is 0.232. The highest BCUT2D eigenvalue weighted by atomic mass is 16.3. The Morgan fingerprint density at radius 1 is 1.28 bits per heavy atom. The molecular formula is C14H19N3O. The summed E-state index contributed by atoms with van der Waals surface area (Å²) in [5.41, 5.74) is 2.97. The van der Waals surface area contributed by atoms with Crippen LogP contribution >= 0.6 is 0 Å². The van der Waals surface area contributed by atoms with Gasteiger partial charge in [0, 0.05) is 38.4 Å². The Balaban J connectivity index is 2.02. The summed E-state index contributed by atoms with van der Waals surface area (Å²) in [7, 11) is 0. The van der Waals surface area contributed by atoms with Gasteiger partial charge in [0.2, 0.25) is 0 Å². The van der Waals surface area contributed by atoms with Crippen molar-refractivity contribution in [2.45, 2.75) is 6.92 Å². The Kier molecular flexibility index (Phi) is 4.19. The first-order valence-corrected chi connectivity index (χ1v) is 6.33. The van der Waals surface area contributed by atoms with Crippen molar-refractivity contribution in [2.75, 3.05) is 44.2 Å². The molecule has 2 rings (SSSR count). The van der Waals surface area contributed by atoms with E-state index in [0.29, 0.717) is 0 Å². The van der Waals surface area contributed by atoms with Crippen LogP contribution in [0.3, 0.4) is 0 Å². The normalized spacial score (nSPS) is 16.6. The summed E-state index contributed by atoms with van der Waals surface area (Å²) in [6.45, 7) is 6.90. The lowest BCUT2D eigenvalue weighted by atomic mass is 10.1. The van der Waals surface area contributed by atoms with Crippen LogP contribution in [-0.2, 0) is 0 Å². The van der Waals surface area contributed by atoms with E-state index in [9.17, 15) is 0 Å². The fourth-order valence-electron chi connectivity index (χ4n) is 2.34. The molecule has 1 heterocycles. The van der Waals surface area contributed by atoms with Crippen molar-refractivity contribution in [1.29, 1.82) is 5.26 Å². The van der Waals surface area contributed by atoms with Crippen LogP contribution in [0.25, 0.3) is 0 Å². The van der Waals surface area contributed by atoms with Crippen molar-refractivity contribution >= 4 is 5.69 Å². The highest BCUT2D eigenvalue weighted by molar-refractivity contribution is 5.53. The fourth-order valence-corrected chi connectivity index (χ4v) is 2.34. The van der Waals surface area contributed by atoms with E-state index in [4.69, 9.17) is 10.4 Å². The van der Waals surface area contributed by atoms with Crippen molar-refractivity contribution in [3.8, 4) is 6.07 Å². The van der Waals surface area contributed by atoms with Gasteiger partial charge in [0.1, 0.15) is 0 Å². The first-order chi connectivity index (χ1) is 8.74. The second-order valence-corrected chi connectivity index (χ2v) is 4.66. The minimum absolute atomic E-state index is 0.232. The second-order valence-electron chi connectivity index (χ2n) is 4.66. The maximum atomic E-state index is 8.92. The molecule has 1 saturated heterocycles. The van der Waals surface area contributed by atoms with E-state index in [-0.39, 0.29) is 6.61 Å². The number of nitriles is 1. The first-order valence-electron chi connectivity index (χ1n) is 6.33. The quantitative estimate of drug-likeness (QED) is 0.862. The molecule has 4 nitrogen and oxygen atoms in total. The highest BCUT2D eigenvalue weighted by Gasteiger charge is 2.16. The molecule has 0 bridgehead atoms. The monoisotopic (exact) mass is 245 g/mol. The average molecular weight is 245 g/mol. The number of aliphatic hydroxyl groups is 1. The van der Waals surface area contributed by atoms with E-state index in [1.165, 1.54) is 5.69 Å². The predicted molar refractivity (Wildman–Crippen MR) is 71.6 cm³/mol. The number of piperazine rings is 1. The van der Waals surface area contributed by atoms with E-state index in [1.54, 1.807) is 0 Å². The Hall–Kier alpha value is -1.57. The van der Waals surface area contributed by atoms with E-state index >= 15 is 0 Å². The van der Waals surface area contributed by atoms with Gasteiger partial charge in [-0.25, -0.2) is 0 Å². The average Bonchev–Trinajstić information content (AvgIpc) is 2.40. The van der Waals surface area contributed by atoms with Crippen LogP contribution in [0, 0.1) is 18.3 Å². The van der Waals surface area contributed by atoms with Gasteiger partial charge in [0.25, 0.3) is 0 Å². The number of rotatable bonds is 3. The molecule has 1 N–H and O–H groups in total. The number of nitrogens with zero attached hydrogens (tertiary/aromatic N) is 3. The number of benzene rings is 1. The Bertz CT molecular complexity index is 445. The van der Waals surface area contributed by atoms with Crippen molar-refractivity contribution in [3.63, 3.8) is 0 Å². The maximum absolute atomic E-state index is 8.92. The third-order valence-corrected chi connectivity index (χ3v) is 3.48. The molecule has 0 radical (unpaired) electrons. The lowest BCUT2D eigenvalue weighted by molar-refractivity contribution is 0.189. The molecule has 4 heteroatoms. The van der Waals surface area contributed by atoms with Gasteiger partial charge < -0.3 is 10.0 Å². The van der Waals surface area contributed by atoms with Gasteiger partial charge in [-0.3, -0.25) is 4.90 Å². The van der Waals surface area contributed by atoms with Crippen LogP contribution in [0.4, 0.5) is 5.69 Å². The van der Waals surface area contributed by atoms with Crippen LogP contribution in [0.2, 0.25) is 0 Å². The first kappa shape index (κ1) is 12.9. The van der Waals surface area contributed by atoms with Crippen molar-refractivity contribution in [1.82, 2.24) is 4.90 Å². The number of β-amino-alcohol motifs (C(OH)–C–C–N with tert-alkyl or cyclic N) is 1. The summed E-state index contributed by atoms with van der Waals surface area (Å²) in [5, 5.41) is 17.8. The van der Waals surface area contributed by atoms with Crippen LogP contribution < -0.4 is 4.90 Å². The van der Waals surface area contributed by atoms with Crippen molar-refractivity contribution in [2.24, 2.45) is 0 Å². The van der Waals surface area contributed by atoms with Crippen molar-refractivity contribution in [3.05, 3.63) is 29.3 Å². The zero-order valence-corrected chi connectivity index (χ0v) is 10.8. The van der Waals surface area contributed by atoms with Crippen LogP contribution in [-0.4, -0.2) is 49.3 Å². The van der Waals surface area contributed by atoms with Crippen molar-refractivity contribution < 1.29 is 5.11 Å². The van der Waals surface area contributed by atoms with Crippen LogP contribution in [0.5, 0.6) is 0 Å². The minimum Gasteiger partial charge on any atom is -0.395 e. The molecule has 18 heavy (non-hydrogen) atoms. The predicted octanol–water partition coefficient (Wildman–Crippen LogP) is 0.981. The largest absolute Gasteiger partial charge is 0.395 e. The van der Waals surface area contributed by atoms with Gasteiger partial charge in [0.15, 0.2) is 0 Å². The second kappa shape index (κ2) is 5.85. The van der Waals surface area contributed by atoms with E-state index in [0.717, 1.165) is 43.9 Å². The van der Waals surface area contributed by atoms with Gasteiger partial charge in [0.05, 0.1) is 18.2 Å². The topological polar surface area (TPSA) is 50.5 Å². The number of hydrogen-bond acceptors (Lipinski definition) is 4. The number of aliphatic hydroxyl groups excluding tert-OH is 1. The summed E-state index contributed by atoms with van der Waals surface area (Å²) in [6, 6.07) is 8.19. The Labute approximate surface area is 108 Å².